The fourth-order valence-corrected chi connectivity index (χ4v) is 2.73. The third-order valence-corrected chi connectivity index (χ3v) is 3.84. The lowest BCUT2D eigenvalue weighted by atomic mass is 10.0. The van der Waals surface area contributed by atoms with Gasteiger partial charge in [-0.25, -0.2) is 0 Å². The quantitative estimate of drug-likeness (QED) is 0.856. The average Bonchev–Trinajstić information content (AvgIpc) is 2.92. The summed E-state index contributed by atoms with van der Waals surface area (Å²) in [6.45, 7) is 5.92. The van der Waals surface area contributed by atoms with Crippen molar-refractivity contribution in [2.24, 2.45) is 0 Å². The van der Waals surface area contributed by atoms with Crippen LogP contribution in [0.4, 0.5) is 0 Å². The molecule has 2 rings (SSSR count). The Morgan fingerprint density at radius 3 is 3.11 bits per heavy atom. The molecule has 1 saturated heterocycles. The van der Waals surface area contributed by atoms with Gasteiger partial charge < -0.3 is 14.6 Å². The van der Waals surface area contributed by atoms with Gasteiger partial charge in [0.1, 0.15) is 5.76 Å². The Kier molecular flexibility index (Phi) is 5.02. The highest BCUT2D eigenvalue weighted by Crippen LogP contribution is 2.18. The third kappa shape index (κ3) is 3.60. The molecule has 19 heavy (non-hydrogen) atoms. The van der Waals surface area contributed by atoms with Crippen molar-refractivity contribution < 1.29 is 9.21 Å². The Morgan fingerprint density at radius 1 is 1.58 bits per heavy atom. The molecule has 2 heterocycles. The zero-order chi connectivity index (χ0) is 13.7. The largest absolute Gasteiger partial charge is 0.469 e. The van der Waals surface area contributed by atoms with Gasteiger partial charge in [-0.1, -0.05) is 6.92 Å². The van der Waals surface area contributed by atoms with Crippen molar-refractivity contribution in [3.63, 3.8) is 0 Å². The number of carbonyl (C=O) groups excluding carboxylic acids is 1. The van der Waals surface area contributed by atoms with Crippen LogP contribution < -0.4 is 5.32 Å². The maximum Gasteiger partial charge on any atom is 0.239 e. The normalized spacial score (nSPS) is 21.7. The lowest BCUT2D eigenvalue weighted by Crippen LogP contribution is -2.53. The maximum atomic E-state index is 12.4. The van der Waals surface area contributed by atoms with Crippen LogP contribution in [0, 0.1) is 0 Å². The van der Waals surface area contributed by atoms with Crippen molar-refractivity contribution in [2.45, 2.75) is 51.6 Å². The number of nitrogens with one attached hydrogen (secondary N) is 1. The smallest absolute Gasteiger partial charge is 0.239 e. The van der Waals surface area contributed by atoms with Crippen LogP contribution in [0.3, 0.4) is 0 Å². The van der Waals surface area contributed by atoms with E-state index in [-0.39, 0.29) is 18.0 Å². The Labute approximate surface area is 115 Å². The van der Waals surface area contributed by atoms with E-state index in [0.717, 1.165) is 44.5 Å². The summed E-state index contributed by atoms with van der Waals surface area (Å²) in [5.41, 5.74) is 0. The summed E-state index contributed by atoms with van der Waals surface area (Å²) in [6, 6.07) is 4.20. The SMILES string of the molecule is CCNC1CCCN(C(C)CCc2ccco2)C1=O. The molecule has 1 N–H and O–H groups in total. The predicted octanol–water partition coefficient (Wildman–Crippen LogP) is 2.20. The van der Waals surface area contributed by atoms with Gasteiger partial charge in [0.15, 0.2) is 0 Å². The molecule has 0 aliphatic carbocycles. The van der Waals surface area contributed by atoms with Crippen molar-refractivity contribution in [2.75, 3.05) is 13.1 Å². The molecule has 4 nitrogen and oxygen atoms in total. The number of likely N-dealkylation sites (tertiary alicyclic amines) is 1. The summed E-state index contributed by atoms with van der Waals surface area (Å²) in [4.78, 5) is 14.4. The molecule has 0 spiro atoms. The first-order valence-electron chi connectivity index (χ1n) is 7.28. The van der Waals surface area contributed by atoms with E-state index in [1.165, 1.54) is 0 Å². The van der Waals surface area contributed by atoms with Gasteiger partial charge in [0.05, 0.1) is 12.3 Å². The van der Waals surface area contributed by atoms with Crippen molar-refractivity contribution in [1.29, 1.82) is 0 Å². The van der Waals surface area contributed by atoms with Crippen LogP contribution in [0.5, 0.6) is 0 Å². The maximum absolute atomic E-state index is 12.4. The molecule has 2 unspecified atom stereocenters. The number of hydrogen-bond donors (Lipinski definition) is 1. The molecular weight excluding hydrogens is 240 g/mol. The Bertz CT molecular complexity index is 387. The fourth-order valence-electron chi connectivity index (χ4n) is 2.73. The van der Waals surface area contributed by atoms with E-state index in [0.29, 0.717) is 0 Å². The second-order valence-corrected chi connectivity index (χ2v) is 5.25. The van der Waals surface area contributed by atoms with Crippen molar-refractivity contribution >= 4 is 5.91 Å². The minimum absolute atomic E-state index is 0.0183. The monoisotopic (exact) mass is 264 g/mol. The van der Waals surface area contributed by atoms with E-state index in [4.69, 9.17) is 4.42 Å². The number of nitrogens with zero attached hydrogens (tertiary/aromatic N) is 1. The van der Waals surface area contributed by atoms with Gasteiger partial charge in [-0.2, -0.15) is 0 Å². The van der Waals surface area contributed by atoms with Gasteiger partial charge in [-0.15, -0.1) is 0 Å². The number of aryl methyl sites for hydroxylation is 1. The first-order valence-corrected chi connectivity index (χ1v) is 7.28. The van der Waals surface area contributed by atoms with E-state index >= 15 is 0 Å². The van der Waals surface area contributed by atoms with Gasteiger partial charge in [0.25, 0.3) is 0 Å². The number of likely N-dealkylation sites (N-methyl/N-ethyl adjacent to an activating group) is 1. The number of hydrogen-bond acceptors (Lipinski definition) is 3. The first kappa shape index (κ1) is 14.1. The topological polar surface area (TPSA) is 45.5 Å². The van der Waals surface area contributed by atoms with Crippen molar-refractivity contribution in [3.8, 4) is 0 Å². The van der Waals surface area contributed by atoms with E-state index in [1.54, 1.807) is 6.26 Å². The minimum Gasteiger partial charge on any atom is -0.469 e. The van der Waals surface area contributed by atoms with Crippen molar-refractivity contribution in [3.05, 3.63) is 24.2 Å². The number of rotatable bonds is 6. The zero-order valence-corrected chi connectivity index (χ0v) is 11.9. The standard InChI is InChI=1S/C15H24N2O2/c1-3-16-14-7-4-10-17(15(14)18)12(2)8-9-13-6-5-11-19-13/h5-6,11-12,14,16H,3-4,7-10H2,1-2H3. The summed E-state index contributed by atoms with van der Waals surface area (Å²) in [5, 5.41) is 3.28. The Morgan fingerprint density at radius 2 is 2.42 bits per heavy atom. The van der Waals surface area contributed by atoms with Crippen LogP contribution >= 0.6 is 0 Å². The summed E-state index contributed by atoms with van der Waals surface area (Å²) >= 11 is 0. The van der Waals surface area contributed by atoms with Crippen LogP contribution in [-0.2, 0) is 11.2 Å². The molecule has 2 atom stereocenters. The molecular formula is C15H24N2O2. The lowest BCUT2D eigenvalue weighted by molar-refractivity contribution is -0.138. The Hall–Kier alpha value is -1.29. The number of piperidine rings is 1. The average molecular weight is 264 g/mol. The molecule has 0 aromatic carbocycles. The Balaban J connectivity index is 1.86. The molecule has 1 aliphatic heterocycles. The third-order valence-electron chi connectivity index (χ3n) is 3.84. The van der Waals surface area contributed by atoms with Gasteiger partial charge in [0, 0.05) is 19.0 Å². The highest BCUT2D eigenvalue weighted by Gasteiger charge is 2.30. The molecule has 1 aromatic rings. The summed E-state index contributed by atoms with van der Waals surface area (Å²) in [6.07, 6.45) is 5.61. The first-order chi connectivity index (χ1) is 9.22. The zero-order valence-electron chi connectivity index (χ0n) is 11.9. The molecule has 1 amide bonds. The van der Waals surface area contributed by atoms with Gasteiger partial charge in [-0.05, 0) is 44.9 Å². The van der Waals surface area contributed by atoms with E-state index in [2.05, 4.69) is 12.2 Å². The fraction of sp³-hybridized carbons (Fsp3) is 0.667. The summed E-state index contributed by atoms with van der Waals surface area (Å²) < 4.78 is 5.34. The number of furan rings is 1. The molecule has 0 bridgehead atoms. The molecule has 1 aromatic heterocycles. The van der Waals surface area contributed by atoms with Gasteiger partial charge in [-0.3, -0.25) is 4.79 Å². The van der Waals surface area contributed by atoms with E-state index in [9.17, 15) is 4.79 Å². The molecule has 1 fully saturated rings. The number of amides is 1. The van der Waals surface area contributed by atoms with Crippen LogP contribution in [-0.4, -0.2) is 36.0 Å². The second-order valence-electron chi connectivity index (χ2n) is 5.25. The molecule has 0 radical (unpaired) electrons. The van der Waals surface area contributed by atoms with Crippen LogP contribution in [0.1, 0.15) is 38.9 Å². The summed E-state index contributed by atoms with van der Waals surface area (Å²) in [5.74, 6) is 1.26. The van der Waals surface area contributed by atoms with E-state index in [1.807, 2.05) is 24.0 Å². The van der Waals surface area contributed by atoms with Gasteiger partial charge >= 0.3 is 0 Å². The molecule has 106 valence electrons. The summed E-state index contributed by atoms with van der Waals surface area (Å²) in [7, 11) is 0. The molecule has 1 aliphatic rings. The number of carbonyl (C=O) groups is 1. The molecule has 0 saturated carbocycles. The van der Waals surface area contributed by atoms with E-state index < -0.39 is 0 Å². The minimum atomic E-state index is 0.0183. The second kappa shape index (κ2) is 6.75. The van der Waals surface area contributed by atoms with Crippen LogP contribution in [0.15, 0.2) is 22.8 Å². The lowest BCUT2D eigenvalue weighted by Gasteiger charge is -2.36. The molecule has 4 heteroatoms. The predicted molar refractivity (Wildman–Crippen MR) is 74.9 cm³/mol. The van der Waals surface area contributed by atoms with Gasteiger partial charge in [0.2, 0.25) is 5.91 Å². The highest BCUT2D eigenvalue weighted by atomic mass is 16.3. The van der Waals surface area contributed by atoms with Crippen molar-refractivity contribution in [1.82, 2.24) is 10.2 Å². The highest BCUT2D eigenvalue weighted by molar-refractivity contribution is 5.82. The van der Waals surface area contributed by atoms with Crippen LogP contribution in [0.2, 0.25) is 0 Å². The van der Waals surface area contributed by atoms with Crippen LogP contribution in [0.25, 0.3) is 0 Å².